The highest BCUT2D eigenvalue weighted by Crippen LogP contribution is 2.14. The Balaban J connectivity index is 3.94. The van der Waals surface area contributed by atoms with Gasteiger partial charge in [0.15, 0.2) is 0 Å². The van der Waals surface area contributed by atoms with Gasteiger partial charge in [-0.1, -0.05) is 40.0 Å². The number of nitrogens with one attached hydrogen (secondary N) is 1. The molecule has 1 unspecified atom stereocenters. The minimum atomic E-state index is -0.0896. The molecule has 0 saturated carbocycles. The summed E-state index contributed by atoms with van der Waals surface area (Å²) in [5, 5.41) is 13.1. The molecule has 0 saturated heterocycles. The average Bonchev–Trinajstić information content (AvgIpc) is 2.51. The Hall–Kier alpha value is -0.120. The van der Waals surface area contributed by atoms with Gasteiger partial charge in [0, 0.05) is 5.54 Å². The van der Waals surface area contributed by atoms with Crippen molar-refractivity contribution in [2.45, 2.75) is 84.6 Å². The van der Waals surface area contributed by atoms with Gasteiger partial charge in [-0.25, -0.2) is 0 Å². The monoisotopic (exact) mass is 300 g/mol. The van der Waals surface area contributed by atoms with Gasteiger partial charge in [0.2, 0.25) is 0 Å². The van der Waals surface area contributed by atoms with E-state index in [0.29, 0.717) is 0 Å². The van der Waals surface area contributed by atoms with Crippen molar-refractivity contribution < 1.29 is 5.11 Å². The number of aliphatic hydroxyl groups is 1. The van der Waals surface area contributed by atoms with Crippen LogP contribution in [0.3, 0.4) is 0 Å². The van der Waals surface area contributed by atoms with Crippen LogP contribution in [0.25, 0.3) is 0 Å². The molecule has 3 nitrogen and oxygen atoms in total. The number of hydrogen-bond acceptors (Lipinski definition) is 3. The Labute approximate surface area is 133 Å². The van der Waals surface area contributed by atoms with E-state index in [1.165, 1.54) is 58.2 Å². The van der Waals surface area contributed by atoms with Crippen molar-refractivity contribution >= 4 is 0 Å². The molecule has 0 aromatic rings. The molecule has 0 fully saturated rings. The van der Waals surface area contributed by atoms with E-state index in [4.69, 9.17) is 0 Å². The fourth-order valence-electron chi connectivity index (χ4n) is 2.60. The minimum absolute atomic E-state index is 0.0896. The van der Waals surface area contributed by atoms with Crippen LogP contribution in [-0.4, -0.2) is 48.3 Å². The molecule has 0 radical (unpaired) electrons. The van der Waals surface area contributed by atoms with Crippen LogP contribution in [0.4, 0.5) is 0 Å². The second kappa shape index (κ2) is 13.5. The lowest BCUT2D eigenvalue weighted by Gasteiger charge is -2.29. The summed E-state index contributed by atoms with van der Waals surface area (Å²) in [7, 11) is 0. The number of hydrogen-bond donors (Lipinski definition) is 2. The van der Waals surface area contributed by atoms with Gasteiger partial charge < -0.3 is 15.3 Å². The van der Waals surface area contributed by atoms with Crippen LogP contribution in [0.2, 0.25) is 0 Å². The van der Waals surface area contributed by atoms with Gasteiger partial charge in [-0.15, -0.1) is 0 Å². The molecule has 2 N–H and O–H groups in total. The maximum Gasteiger partial charge on any atom is 0.0610 e. The summed E-state index contributed by atoms with van der Waals surface area (Å²) in [5.41, 5.74) is -0.0896. The number of unbranched alkanes of at least 4 members (excludes halogenated alkanes) is 3. The maximum atomic E-state index is 9.58. The van der Waals surface area contributed by atoms with Crippen molar-refractivity contribution in [2.24, 2.45) is 0 Å². The zero-order valence-corrected chi connectivity index (χ0v) is 15.1. The lowest BCUT2D eigenvalue weighted by atomic mass is 9.95. The van der Waals surface area contributed by atoms with Crippen LogP contribution in [0, 0.1) is 0 Å². The SMILES string of the molecule is CCCCN(CCCC)CCCCC(C)(CO)NCCC. The third kappa shape index (κ3) is 11.1. The Kier molecular flexibility index (Phi) is 13.5. The summed E-state index contributed by atoms with van der Waals surface area (Å²) in [5.74, 6) is 0. The van der Waals surface area contributed by atoms with Gasteiger partial charge in [0.25, 0.3) is 0 Å². The normalized spacial score (nSPS) is 14.6. The summed E-state index contributed by atoms with van der Waals surface area (Å²) in [4.78, 5) is 2.63. The summed E-state index contributed by atoms with van der Waals surface area (Å²) in [6, 6.07) is 0. The molecule has 0 amide bonds. The zero-order valence-electron chi connectivity index (χ0n) is 15.1. The van der Waals surface area contributed by atoms with Crippen molar-refractivity contribution in [3.8, 4) is 0 Å². The van der Waals surface area contributed by atoms with E-state index in [-0.39, 0.29) is 12.1 Å². The Bertz CT molecular complexity index is 215. The molecule has 0 bridgehead atoms. The molecule has 0 spiro atoms. The zero-order chi connectivity index (χ0) is 16.0. The van der Waals surface area contributed by atoms with E-state index in [1.54, 1.807) is 0 Å². The van der Waals surface area contributed by atoms with E-state index in [0.717, 1.165) is 19.4 Å². The van der Waals surface area contributed by atoms with Gasteiger partial charge in [0.05, 0.1) is 6.61 Å². The summed E-state index contributed by atoms with van der Waals surface area (Å²) < 4.78 is 0. The van der Waals surface area contributed by atoms with Crippen molar-refractivity contribution in [1.29, 1.82) is 0 Å². The lowest BCUT2D eigenvalue weighted by Crippen LogP contribution is -2.46. The van der Waals surface area contributed by atoms with Crippen LogP contribution < -0.4 is 5.32 Å². The first-order chi connectivity index (χ1) is 10.1. The van der Waals surface area contributed by atoms with Crippen molar-refractivity contribution in [2.75, 3.05) is 32.8 Å². The number of aliphatic hydroxyl groups excluding tert-OH is 1. The Morgan fingerprint density at radius 2 is 1.43 bits per heavy atom. The molecule has 128 valence electrons. The highest BCUT2D eigenvalue weighted by atomic mass is 16.3. The maximum absolute atomic E-state index is 9.58. The van der Waals surface area contributed by atoms with Gasteiger partial charge in [-0.3, -0.25) is 0 Å². The fourth-order valence-corrected chi connectivity index (χ4v) is 2.60. The molecule has 0 rings (SSSR count). The minimum Gasteiger partial charge on any atom is -0.394 e. The molecule has 0 aromatic heterocycles. The third-order valence-electron chi connectivity index (χ3n) is 4.26. The predicted octanol–water partition coefficient (Wildman–Crippen LogP) is 3.81. The average molecular weight is 301 g/mol. The molecule has 0 aliphatic rings. The molecule has 0 heterocycles. The summed E-state index contributed by atoms with van der Waals surface area (Å²) >= 11 is 0. The van der Waals surface area contributed by atoms with Gasteiger partial charge in [-0.05, 0) is 65.2 Å². The van der Waals surface area contributed by atoms with Crippen LogP contribution in [0.5, 0.6) is 0 Å². The number of nitrogens with zero attached hydrogens (tertiary/aromatic N) is 1. The first-order valence-corrected chi connectivity index (χ1v) is 9.20. The van der Waals surface area contributed by atoms with E-state index in [2.05, 4.69) is 37.9 Å². The highest BCUT2D eigenvalue weighted by molar-refractivity contribution is 4.82. The molecule has 0 aliphatic heterocycles. The largest absolute Gasteiger partial charge is 0.394 e. The highest BCUT2D eigenvalue weighted by Gasteiger charge is 2.21. The van der Waals surface area contributed by atoms with E-state index < -0.39 is 0 Å². The first kappa shape index (κ1) is 20.9. The van der Waals surface area contributed by atoms with E-state index in [1.807, 2.05) is 0 Å². The van der Waals surface area contributed by atoms with Crippen molar-refractivity contribution in [3.05, 3.63) is 0 Å². The molecule has 21 heavy (non-hydrogen) atoms. The van der Waals surface area contributed by atoms with Crippen LogP contribution in [0.1, 0.15) is 79.1 Å². The van der Waals surface area contributed by atoms with Gasteiger partial charge in [-0.2, -0.15) is 0 Å². The van der Waals surface area contributed by atoms with Gasteiger partial charge >= 0.3 is 0 Å². The van der Waals surface area contributed by atoms with Crippen LogP contribution in [0.15, 0.2) is 0 Å². The molecule has 1 atom stereocenters. The topological polar surface area (TPSA) is 35.5 Å². The standard InChI is InChI=1S/C18H40N2O/c1-5-8-14-20(15-9-6-2)16-11-10-12-18(4,17-21)19-13-7-3/h19,21H,5-17H2,1-4H3. The third-order valence-corrected chi connectivity index (χ3v) is 4.26. The van der Waals surface area contributed by atoms with Crippen molar-refractivity contribution in [3.63, 3.8) is 0 Å². The molecular weight excluding hydrogens is 260 g/mol. The molecular formula is C18H40N2O. The first-order valence-electron chi connectivity index (χ1n) is 9.20. The summed E-state index contributed by atoms with van der Waals surface area (Å²) in [6.45, 7) is 13.8. The predicted molar refractivity (Wildman–Crippen MR) is 93.9 cm³/mol. The summed E-state index contributed by atoms with van der Waals surface area (Å²) in [6.07, 6.45) is 9.83. The van der Waals surface area contributed by atoms with Crippen LogP contribution >= 0.6 is 0 Å². The smallest absolute Gasteiger partial charge is 0.0610 e. The Morgan fingerprint density at radius 1 is 0.857 bits per heavy atom. The fraction of sp³-hybridized carbons (Fsp3) is 1.00. The molecule has 0 aromatic carbocycles. The van der Waals surface area contributed by atoms with Gasteiger partial charge in [0.1, 0.15) is 0 Å². The quantitative estimate of drug-likeness (QED) is 0.451. The van der Waals surface area contributed by atoms with Crippen molar-refractivity contribution in [1.82, 2.24) is 10.2 Å². The Morgan fingerprint density at radius 3 is 1.90 bits per heavy atom. The molecule has 0 aliphatic carbocycles. The van der Waals surface area contributed by atoms with E-state index >= 15 is 0 Å². The van der Waals surface area contributed by atoms with E-state index in [9.17, 15) is 5.11 Å². The number of rotatable bonds is 15. The second-order valence-electron chi connectivity index (χ2n) is 6.65. The second-order valence-corrected chi connectivity index (χ2v) is 6.65. The van der Waals surface area contributed by atoms with Crippen LogP contribution in [-0.2, 0) is 0 Å². The molecule has 3 heteroatoms. The lowest BCUT2D eigenvalue weighted by molar-refractivity contribution is 0.160.